The zero-order valence-corrected chi connectivity index (χ0v) is 17.7. The molecule has 1 heterocycles. The van der Waals surface area contributed by atoms with Gasteiger partial charge < -0.3 is 4.74 Å². The SMILES string of the molecule is CCS(=O)(=O)N1CCCc2cc(NS(=O)(=O)c3ccc(OC)c(C)c3)ccc21. The fourth-order valence-corrected chi connectivity index (χ4v) is 5.63. The van der Waals surface area contributed by atoms with Crippen molar-refractivity contribution in [3.8, 4) is 5.75 Å². The molecule has 1 aliphatic heterocycles. The summed E-state index contributed by atoms with van der Waals surface area (Å²) in [5, 5.41) is 0. The van der Waals surface area contributed by atoms with Gasteiger partial charge in [0.1, 0.15) is 5.75 Å². The summed E-state index contributed by atoms with van der Waals surface area (Å²) in [6.45, 7) is 3.84. The summed E-state index contributed by atoms with van der Waals surface area (Å²) < 4.78 is 59.2. The number of fused-ring (bicyclic) bond motifs is 1. The minimum absolute atomic E-state index is 0.0254. The first-order chi connectivity index (χ1) is 13.2. The van der Waals surface area contributed by atoms with E-state index < -0.39 is 20.0 Å². The van der Waals surface area contributed by atoms with E-state index in [1.165, 1.54) is 17.5 Å². The Morgan fingerprint density at radius 1 is 1.11 bits per heavy atom. The van der Waals surface area contributed by atoms with Gasteiger partial charge in [0.05, 0.1) is 23.4 Å². The Bertz CT molecular complexity index is 1100. The van der Waals surface area contributed by atoms with Crippen LogP contribution in [-0.2, 0) is 26.5 Å². The highest BCUT2D eigenvalue weighted by atomic mass is 32.2. The van der Waals surface area contributed by atoms with Gasteiger partial charge in [-0.1, -0.05) is 0 Å². The molecular weight excluding hydrogens is 400 g/mol. The van der Waals surface area contributed by atoms with E-state index in [1.54, 1.807) is 44.2 Å². The van der Waals surface area contributed by atoms with Crippen molar-refractivity contribution in [1.29, 1.82) is 0 Å². The molecule has 0 amide bonds. The molecule has 9 heteroatoms. The Morgan fingerprint density at radius 3 is 2.50 bits per heavy atom. The molecule has 0 atom stereocenters. The lowest BCUT2D eigenvalue weighted by molar-refractivity contribution is 0.411. The summed E-state index contributed by atoms with van der Waals surface area (Å²) in [4.78, 5) is 0.138. The Balaban J connectivity index is 1.91. The maximum atomic E-state index is 12.7. The molecule has 0 radical (unpaired) electrons. The molecule has 0 fully saturated rings. The second kappa shape index (κ2) is 7.63. The summed E-state index contributed by atoms with van der Waals surface area (Å²) in [7, 11) is -5.59. The molecule has 3 rings (SSSR count). The van der Waals surface area contributed by atoms with E-state index in [2.05, 4.69) is 4.72 Å². The fourth-order valence-electron chi connectivity index (χ4n) is 3.30. The molecule has 152 valence electrons. The largest absolute Gasteiger partial charge is 0.496 e. The maximum absolute atomic E-state index is 12.7. The number of nitrogens with one attached hydrogen (secondary N) is 1. The summed E-state index contributed by atoms with van der Waals surface area (Å²) in [5.74, 6) is 0.641. The fraction of sp³-hybridized carbons (Fsp3) is 0.368. The van der Waals surface area contributed by atoms with Crippen molar-refractivity contribution in [3.05, 3.63) is 47.5 Å². The van der Waals surface area contributed by atoms with Gasteiger partial charge in [-0.2, -0.15) is 0 Å². The molecular formula is C19H24N2O5S2. The Hall–Kier alpha value is -2.26. The molecule has 2 aromatic carbocycles. The van der Waals surface area contributed by atoms with Gasteiger partial charge in [0.15, 0.2) is 0 Å². The van der Waals surface area contributed by atoms with E-state index in [1.807, 2.05) is 0 Å². The van der Waals surface area contributed by atoms with E-state index in [0.717, 1.165) is 11.1 Å². The monoisotopic (exact) mass is 424 g/mol. The first-order valence-corrected chi connectivity index (χ1v) is 12.1. The molecule has 0 bridgehead atoms. The van der Waals surface area contributed by atoms with Crippen LogP contribution in [0.4, 0.5) is 11.4 Å². The van der Waals surface area contributed by atoms with Crippen molar-refractivity contribution in [1.82, 2.24) is 0 Å². The topological polar surface area (TPSA) is 92.8 Å². The van der Waals surface area contributed by atoms with E-state index >= 15 is 0 Å². The Kier molecular flexibility index (Phi) is 5.58. The third kappa shape index (κ3) is 3.95. The number of sulfonamides is 2. The number of benzene rings is 2. The van der Waals surface area contributed by atoms with Gasteiger partial charge in [-0.05, 0) is 74.2 Å². The van der Waals surface area contributed by atoms with Crippen LogP contribution in [0, 0.1) is 6.92 Å². The van der Waals surface area contributed by atoms with Crippen LogP contribution in [-0.4, -0.2) is 36.2 Å². The standard InChI is InChI=1S/C19H24N2O5S2/c1-4-27(22,23)21-11-5-6-15-13-16(7-9-18(15)21)20-28(24,25)17-8-10-19(26-3)14(2)12-17/h7-10,12-13,20H,4-6,11H2,1-3H3. The normalized spacial score (nSPS) is 14.5. The molecule has 28 heavy (non-hydrogen) atoms. The number of nitrogens with zero attached hydrogens (tertiary/aromatic N) is 1. The van der Waals surface area contributed by atoms with E-state index in [0.29, 0.717) is 36.5 Å². The van der Waals surface area contributed by atoms with Crippen LogP contribution in [0.15, 0.2) is 41.3 Å². The number of hydrogen-bond donors (Lipinski definition) is 1. The minimum atomic E-state index is -3.77. The molecule has 2 aromatic rings. The number of methoxy groups -OCH3 is 1. The lowest BCUT2D eigenvalue weighted by atomic mass is 10.0. The number of anilines is 2. The molecule has 1 N–H and O–H groups in total. The van der Waals surface area contributed by atoms with Crippen LogP contribution in [0.2, 0.25) is 0 Å². The average molecular weight is 425 g/mol. The third-order valence-electron chi connectivity index (χ3n) is 4.78. The second-order valence-corrected chi connectivity index (χ2v) is 10.5. The van der Waals surface area contributed by atoms with Crippen molar-refractivity contribution < 1.29 is 21.6 Å². The van der Waals surface area contributed by atoms with Gasteiger partial charge in [-0.25, -0.2) is 16.8 Å². The van der Waals surface area contributed by atoms with Gasteiger partial charge in [0, 0.05) is 12.2 Å². The Morgan fingerprint density at radius 2 is 1.86 bits per heavy atom. The molecule has 1 aliphatic rings. The summed E-state index contributed by atoms with van der Waals surface area (Å²) in [6.07, 6.45) is 1.39. The van der Waals surface area contributed by atoms with Crippen LogP contribution in [0.5, 0.6) is 5.75 Å². The summed E-state index contributed by atoms with van der Waals surface area (Å²) >= 11 is 0. The lowest BCUT2D eigenvalue weighted by Crippen LogP contribution is -2.36. The number of aryl methyl sites for hydroxylation is 2. The predicted molar refractivity (Wildman–Crippen MR) is 110 cm³/mol. The minimum Gasteiger partial charge on any atom is -0.496 e. The number of ether oxygens (including phenoxy) is 1. The van der Waals surface area contributed by atoms with E-state index in [9.17, 15) is 16.8 Å². The van der Waals surface area contributed by atoms with Crippen molar-refractivity contribution in [2.45, 2.75) is 31.6 Å². The van der Waals surface area contributed by atoms with Gasteiger partial charge >= 0.3 is 0 Å². The maximum Gasteiger partial charge on any atom is 0.261 e. The average Bonchev–Trinajstić information content (AvgIpc) is 2.66. The molecule has 0 aromatic heterocycles. The highest BCUT2D eigenvalue weighted by Crippen LogP contribution is 2.32. The van der Waals surface area contributed by atoms with Crippen LogP contribution in [0.25, 0.3) is 0 Å². The van der Waals surface area contributed by atoms with Crippen molar-refractivity contribution in [2.75, 3.05) is 28.4 Å². The summed E-state index contributed by atoms with van der Waals surface area (Å²) in [6, 6.07) is 9.62. The summed E-state index contributed by atoms with van der Waals surface area (Å²) in [5.41, 5.74) is 2.56. The predicted octanol–water partition coefficient (Wildman–Crippen LogP) is 2.91. The van der Waals surface area contributed by atoms with Crippen molar-refractivity contribution >= 4 is 31.4 Å². The molecule has 0 spiro atoms. The third-order valence-corrected chi connectivity index (χ3v) is 7.94. The van der Waals surface area contributed by atoms with Gasteiger partial charge in [0.2, 0.25) is 10.0 Å². The smallest absolute Gasteiger partial charge is 0.261 e. The lowest BCUT2D eigenvalue weighted by Gasteiger charge is -2.30. The van der Waals surface area contributed by atoms with Crippen LogP contribution < -0.4 is 13.8 Å². The van der Waals surface area contributed by atoms with Crippen molar-refractivity contribution in [3.63, 3.8) is 0 Å². The van der Waals surface area contributed by atoms with Crippen LogP contribution in [0.1, 0.15) is 24.5 Å². The van der Waals surface area contributed by atoms with Gasteiger partial charge in [-0.3, -0.25) is 9.03 Å². The molecule has 0 saturated heterocycles. The van der Waals surface area contributed by atoms with E-state index in [4.69, 9.17) is 4.74 Å². The van der Waals surface area contributed by atoms with Crippen LogP contribution in [0.3, 0.4) is 0 Å². The first kappa shape index (κ1) is 20.5. The quantitative estimate of drug-likeness (QED) is 0.770. The zero-order valence-electron chi connectivity index (χ0n) is 16.1. The van der Waals surface area contributed by atoms with Gasteiger partial charge in [0.25, 0.3) is 10.0 Å². The van der Waals surface area contributed by atoms with E-state index in [-0.39, 0.29) is 10.6 Å². The zero-order chi connectivity index (χ0) is 20.5. The van der Waals surface area contributed by atoms with Gasteiger partial charge in [-0.15, -0.1) is 0 Å². The first-order valence-electron chi connectivity index (χ1n) is 8.99. The highest BCUT2D eigenvalue weighted by Gasteiger charge is 2.26. The number of rotatable bonds is 6. The highest BCUT2D eigenvalue weighted by molar-refractivity contribution is 7.93. The molecule has 0 aliphatic carbocycles. The molecule has 7 nitrogen and oxygen atoms in total. The Labute approximate surface area is 166 Å². The van der Waals surface area contributed by atoms with Crippen molar-refractivity contribution in [2.24, 2.45) is 0 Å². The number of hydrogen-bond acceptors (Lipinski definition) is 5. The molecule has 0 unspecified atom stereocenters. The van der Waals surface area contributed by atoms with Crippen LogP contribution >= 0.6 is 0 Å². The second-order valence-electron chi connectivity index (χ2n) is 6.66. The molecule has 0 saturated carbocycles.